The predicted molar refractivity (Wildman–Crippen MR) is 57.6 cm³/mol. The maximum atomic E-state index is 11.8. The van der Waals surface area contributed by atoms with Gasteiger partial charge in [0, 0.05) is 0 Å². The van der Waals surface area contributed by atoms with Crippen LogP contribution in [-0.2, 0) is 14.4 Å². The molecule has 4 N–H and O–H groups in total. The van der Waals surface area contributed by atoms with Gasteiger partial charge in [-0.1, -0.05) is 12.2 Å². The monoisotopic (exact) mass is 238 g/mol. The lowest BCUT2D eigenvalue weighted by Crippen LogP contribution is -2.43. The standard InChI is InChI=1S/C11H14N2O4/c12-7(14)4-13-10(15)8-5-1-2-6(3-5)9(8)11(16)17/h1-2,5-6,8-9H,3-4H2,(H2,12,14)(H,13,15)(H,16,17). The molecule has 17 heavy (non-hydrogen) atoms. The largest absolute Gasteiger partial charge is 0.481 e. The molecule has 6 heteroatoms. The Morgan fingerprint density at radius 2 is 1.82 bits per heavy atom. The maximum Gasteiger partial charge on any atom is 0.307 e. The fourth-order valence-corrected chi connectivity index (χ4v) is 2.81. The van der Waals surface area contributed by atoms with Crippen molar-refractivity contribution in [2.45, 2.75) is 6.42 Å². The average molecular weight is 238 g/mol. The number of carboxylic acids is 1. The molecule has 1 fully saturated rings. The first-order valence-corrected chi connectivity index (χ1v) is 5.48. The molecule has 2 amide bonds. The third kappa shape index (κ3) is 2.02. The lowest BCUT2D eigenvalue weighted by molar-refractivity contribution is -0.147. The van der Waals surface area contributed by atoms with Crippen LogP contribution in [0.3, 0.4) is 0 Å². The number of carbonyl (C=O) groups excluding carboxylic acids is 2. The number of carbonyl (C=O) groups is 3. The molecule has 1 saturated carbocycles. The Balaban J connectivity index is 2.08. The van der Waals surface area contributed by atoms with Gasteiger partial charge in [0.2, 0.25) is 11.8 Å². The SMILES string of the molecule is NC(=O)CNC(=O)C1C2C=CC(C2)C1C(=O)O. The molecule has 0 aliphatic heterocycles. The topological polar surface area (TPSA) is 109 Å². The zero-order valence-corrected chi connectivity index (χ0v) is 9.13. The molecule has 0 heterocycles. The van der Waals surface area contributed by atoms with E-state index in [0.29, 0.717) is 6.42 Å². The van der Waals surface area contributed by atoms with E-state index in [1.165, 1.54) is 0 Å². The second-order valence-electron chi connectivity index (χ2n) is 4.52. The van der Waals surface area contributed by atoms with E-state index < -0.39 is 29.6 Å². The number of carboxylic acid groups (broad SMARTS) is 1. The first kappa shape index (κ1) is 11.6. The van der Waals surface area contributed by atoms with Crippen molar-refractivity contribution in [2.75, 3.05) is 6.54 Å². The summed E-state index contributed by atoms with van der Waals surface area (Å²) >= 11 is 0. The van der Waals surface area contributed by atoms with Crippen LogP contribution in [-0.4, -0.2) is 29.4 Å². The molecular formula is C11H14N2O4. The summed E-state index contributed by atoms with van der Waals surface area (Å²) in [7, 11) is 0. The zero-order chi connectivity index (χ0) is 12.6. The Labute approximate surface area is 97.9 Å². The Hall–Kier alpha value is -1.85. The van der Waals surface area contributed by atoms with Crippen LogP contribution in [0.5, 0.6) is 0 Å². The second-order valence-corrected chi connectivity index (χ2v) is 4.52. The van der Waals surface area contributed by atoms with Crippen molar-refractivity contribution < 1.29 is 19.5 Å². The number of amides is 2. The Morgan fingerprint density at radius 3 is 2.35 bits per heavy atom. The quantitative estimate of drug-likeness (QED) is 0.552. The highest BCUT2D eigenvalue weighted by molar-refractivity contribution is 5.89. The van der Waals surface area contributed by atoms with Crippen molar-refractivity contribution in [1.29, 1.82) is 0 Å². The maximum absolute atomic E-state index is 11.8. The minimum absolute atomic E-state index is 0.0334. The molecule has 2 aliphatic carbocycles. The highest BCUT2D eigenvalue weighted by Gasteiger charge is 2.51. The number of aliphatic carboxylic acids is 1. The van der Waals surface area contributed by atoms with Gasteiger partial charge in [0.25, 0.3) is 0 Å². The lowest BCUT2D eigenvalue weighted by Gasteiger charge is -2.23. The summed E-state index contributed by atoms with van der Waals surface area (Å²) in [4.78, 5) is 33.5. The van der Waals surface area contributed by atoms with E-state index in [-0.39, 0.29) is 18.4 Å². The van der Waals surface area contributed by atoms with E-state index >= 15 is 0 Å². The Kier molecular flexibility index (Phi) is 2.87. The van der Waals surface area contributed by atoms with E-state index in [2.05, 4.69) is 5.32 Å². The van der Waals surface area contributed by atoms with Gasteiger partial charge in [-0.15, -0.1) is 0 Å². The highest BCUT2D eigenvalue weighted by Crippen LogP contribution is 2.48. The normalized spacial score (nSPS) is 33.6. The summed E-state index contributed by atoms with van der Waals surface area (Å²) in [6.45, 7) is -0.247. The van der Waals surface area contributed by atoms with Crippen LogP contribution in [0.4, 0.5) is 0 Å². The van der Waals surface area contributed by atoms with Gasteiger partial charge in [-0.2, -0.15) is 0 Å². The van der Waals surface area contributed by atoms with Crippen molar-refractivity contribution in [3.05, 3.63) is 12.2 Å². The van der Waals surface area contributed by atoms with Crippen LogP contribution >= 0.6 is 0 Å². The summed E-state index contributed by atoms with van der Waals surface area (Å²) in [5, 5.41) is 11.5. The number of nitrogens with one attached hydrogen (secondary N) is 1. The molecule has 0 aromatic carbocycles. The van der Waals surface area contributed by atoms with E-state index in [4.69, 9.17) is 10.8 Å². The smallest absolute Gasteiger partial charge is 0.307 e. The van der Waals surface area contributed by atoms with Gasteiger partial charge in [-0.3, -0.25) is 14.4 Å². The third-order valence-electron chi connectivity index (χ3n) is 3.48. The Morgan fingerprint density at radius 1 is 1.24 bits per heavy atom. The van der Waals surface area contributed by atoms with Crippen molar-refractivity contribution >= 4 is 17.8 Å². The van der Waals surface area contributed by atoms with Gasteiger partial charge in [-0.25, -0.2) is 0 Å². The van der Waals surface area contributed by atoms with Gasteiger partial charge in [0.15, 0.2) is 0 Å². The Bertz CT molecular complexity index is 404. The molecule has 0 aromatic rings. The number of nitrogens with two attached hydrogens (primary N) is 1. The predicted octanol–water partition coefficient (Wildman–Crippen LogP) is -0.889. The summed E-state index contributed by atoms with van der Waals surface area (Å²) in [5.74, 6) is -3.35. The molecule has 92 valence electrons. The lowest BCUT2D eigenvalue weighted by atomic mass is 9.82. The van der Waals surface area contributed by atoms with E-state index in [1.54, 1.807) is 0 Å². The fourth-order valence-electron chi connectivity index (χ4n) is 2.81. The van der Waals surface area contributed by atoms with Gasteiger partial charge in [0.05, 0.1) is 18.4 Å². The minimum atomic E-state index is -0.957. The molecule has 2 aliphatic rings. The number of fused-ring (bicyclic) bond motifs is 2. The van der Waals surface area contributed by atoms with Crippen molar-refractivity contribution in [1.82, 2.24) is 5.32 Å². The highest BCUT2D eigenvalue weighted by atomic mass is 16.4. The van der Waals surface area contributed by atoms with Gasteiger partial charge < -0.3 is 16.2 Å². The third-order valence-corrected chi connectivity index (χ3v) is 3.48. The molecule has 0 saturated heterocycles. The van der Waals surface area contributed by atoms with Crippen molar-refractivity contribution in [2.24, 2.45) is 29.4 Å². The van der Waals surface area contributed by atoms with Crippen molar-refractivity contribution in [3.63, 3.8) is 0 Å². The number of hydrogen-bond acceptors (Lipinski definition) is 3. The van der Waals surface area contributed by atoms with Gasteiger partial charge in [0.1, 0.15) is 0 Å². The number of rotatable bonds is 4. The first-order chi connectivity index (χ1) is 8.00. The zero-order valence-electron chi connectivity index (χ0n) is 9.13. The van der Waals surface area contributed by atoms with Crippen LogP contribution in [0.2, 0.25) is 0 Å². The summed E-state index contributed by atoms with van der Waals surface area (Å²) < 4.78 is 0. The molecule has 6 nitrogen and oxygen atoms in total. The van der Waals surface area contributed by atoms with Crippen molar-refractivity contribution in [3.8, 4) is 0 Å². The van der Waals surface area contributed by atoms with Gasteiger partial charge >= 0.3 is 5.97 Å². The fraction of sp³-hybridized carbons (Fsp3) is 0.545. The van der Waals surface area contributed by atoms with Crippen LogP contribution < -0.4 is 11.1 Å². The average Bonchev–Trinajstić information content (AvgIpc) is 2.84. The summed E-state index contributed by atoms with van der Waals surface area (Å²) in [6, 6.07) is 0. The number of allylic oxidation sites excluding steroid dienone is 2. The van der Waals surface area contributed by atoms with Crippen LogP contribution in [0.25, 0.3) is 0 Å². The van der Waals surface area contributed by atoms with E-state index in [0.717, 1.165) is 0 Å². The number of hydrogen-bond donors (Lipinski definition) is 3. The minimum Gasteiger partial charge on any atom is -0.481 e. The molecule has 0 spiro atoms. The molecule has 0 radical (unpaired) electrons. The van der Waals surface area contributed by atoms with Crippen LogP contribution in [0, 0.1) is 23.7 Å². The van der Waals surface area contributed by atoms with Crippen LogP contribution in [0.1, 0.15) is 6.42 Å². The summed E-state index contributed by atoms with van der Waals surface area (Å²) in [5.41, 5.74) is 4.93. The second kappa shape index (κ2) is 4.20. The number of primary amides is 1. The first-order valence-electron chi connectivity index (χ1n) is 5.48. The molecule has 2 bridgehead atoms. The van der Waals surface area contributed by atoms with Gasteiger partial charge in [-0.05, 0) is 18.3 Å². The van der Waals surface area contributed by atoms with E-state index in [9.17, 15) is 14.4 Å². The molecule has 4 atom stereocenters. The summed E-state index contributed by atoms with van der Waals surface area (Å²) in [6.07, 6.45) is 4.45. The molecule has 0 aromatic heterocycles. The molecular weight excluding hydrogens is 224 g/mol. The molecule has 4 unspecified atom stereocenters. The molecule has 2 rings (SSSR count). The van der Waals surface area contributed by atoms with Crippen LogP contribution in [0.15, 0.2) is 12.2 Å². The van der Waals surface area contributed by atoms with E-state index in [1.807, 2.05) is 12.2 Å².